The number of hydrogen-bond acceptors (Lipinski definition) is 5. The Labute approximate surface area is 92.3 Å². The Bertz CT molecular complexity index is 426. The number of nitro groups is 1. The van der Waals surface area contributed by atoms with Gasteiger partial charge in [0.05, 0.1) is 16.6 Å². The maximum atomic E-state index is 10.7. The minimum Gasteiger partial charge on any atom is -0.396 e. The summed E-state index contributed by atoms with van der Waals surface area (Å²) in [5.74, 6) is 0. The normalized spacial score (nSPS) is 9.50. The van der Waals surface area contributed by atoms with Crippen molar-refractivity contribution in [2.24, 2.45) is 0 Å². The van der Waals surface area contributed by atoms with E-state index in [4.69, 9.17) is 10.4 Å². The molecule has 0 heterocycles. The van der Waals surface area contributed by atoms with Crippen LogP contribution in [-0.2, 0) is 0 Å². The van der Waals surface area contributed by atoms with Crippen molar-refractivity contribution in [3.05, 3.63) is 33.9 Å². The van der Waals surface area contributed by atoms with Crippen LogP contribution >= 0.6 is 0 Å². The van der Waals surface area contributed by atoms with Gasteiger partial charge in [0, 0.05) is 19.2 Å². The number of nitro benzene ring substituents is 1. The Hall–Kier alpha value is -2.13. The largest absolute Gasteiger partial charge is 0.396 e. The first-order chi connectivity index (χ1) is 7.69. The van der Waals surface area contributed by atoms with Crippen LogP contribution in [0.3, 0.4) is 0 Å². The lowest BCUT2D eigenvalue weighted by Crippen LogP contribution is -2.06. The van der Waals surface area contributed by atoms with E-state index in [0.29, 0.717) is 24.2 Å². The number of anilines is 1. The van der Waals surface area contributed by atoms with Gasteiger partial charge < -0.3 is 10.4 Å². The lowest BCUT2D eigenvalue weighted by atomic mass is 10.2. The highest BCUT2D eigenvalue weighted by atomic mass is 16.6. The third-order valence-electron chi connectivity index (χ3n) is 1.97. The molecule has 0 saturated heterocycles. The van der Waals surface area contributed by atoms with Crippen LogP contribution in [0.2, 0.25) is 0 Å². The maximum absolute atomic E-state index is 10.7. The molecule has 2 N–H and O–H groups in total. The van der Waals surface area contributed by atoms with Crippen LogP contribution in [-0.4, -0.2) is 23.2 Å². The Balaban J connectivity index is 2.92. The van der Waals surface area contributed by atoms with Crippen LogP contribution in [0.15, 0.2) is 18.2 Å². The molecule has 6 heteroatoms. The van der Waals surface area contributed by atoms with Gasteiger partial charge >= 0.3 is 0 Å². The van der Waals surface area contributed by atoms with Crippen LogP contribution in [0, 0.1) is 21.4 Å². The molecule has 6 nitrogen and oxygen atoms in total. The molecule has 0 fully saturated rings. The van der Waals surface area contributed by atoms with Gasteiger partial charge in [-0.25, -0.2) is 0 Å². The summed E-state index contributed by atoms with van der Waals surface area (Å²) < 4.78 is 0. The fourth-order valence-electron chi connectivity index (χ4n) is 1.21. The Morgan fingerprint density at radius 3 is 2.88 bits per heavy atom. The van der Waals surface area contributed by atoms with E-state index in [0.717, 1.165) is 0 Å². The smallest absolute Gasteiger partial charge is 0.292 e. The van der Waals surface area contributed by atoms with E-state index in [2.05, 4.69) is 5.32 Å². The van der Waals surface area contributed by atoms with E-state index < -0.39 is 4.92 Å². The molecule has 0 atom stereocenters. The molecule has 0 aromatic heterocycles. The Morgan fingerprint density at radius 1 is 1.56 bits per heavy atom. The van der Waals surface area contributed by atoms with Crippen LogP contribution < -0.4 is 5.32 Å². The number of aliphatic hydroxyl groups is 1. The number of rotatable bonds is 5. The van der Waals surface area contributed by atoms with Crippen molar-refractivity contribution in [1.29, 1.82) is 5.26 Å². The zero-order chi connectivity index (χ0) is 12.0. The molecule has 0 spiro atoms. The van der Waals surface area contributed by atoms with Crippen molar-refractivity contribution in [2.45, 2.75) is 6.42 Å². The quantitative estimate of drug-likeness (QED) is 0.443. The second-order valence-electron chi connectivity index (χ2n) is 3.10. The second-order valence-corrected chi connectivity index (χ2v) is 3.10. The van der Waals surface area contributed by atoms with Gasteiger partial charge in [-0.3, -0.25) is 10.1 Å². The first-order valence-corrected chi connectivity index (χ1v) is 4.72. The van der Waals surface area contributed by atoms with Gasteiger partial charge in [-0.1, -0.05) is 0 Å². The molecule has 0 saturated carbocycles. The molecule has 1 rings (SSSR count). The summed E-state index contributed by atoms with van der Waals surface area (Å²) in [6.45, 7) is 0.435. The van der Waals surface area contributed by atoms with E-state index in [-0.39, 0.29) is 12.3 Å². The molecule has 0 aliphatic carbocycles. The highest BCUT2D eigenvalue weighted by molar-refractivity contribution is 5.64. The summed E-state index contributed by atoms with van der Waals surface area (Å²) in [5, 5.41) is 30.8. The minimum absolute atomic E-state index is 0.0126. The van der Waals surface area contributed by atoms with Crippen molar-refractivity contribution < 1.29 is 10.0 Å². The minimum atomic E-state index is -0.511. The SMILES string of the molecule is N#Cc1ccc([N+](=O)[O-])c(NCCCO)c1. The third kappa shape index (κ3) is 2.93. The Kier molecular flexibility index (Phi) is 4.24. The number of nitriles is 1. The van der Waals surface area contributed by atoms with E-state index in [1.165, 1.54) is 18.2 Å². The van der Waals surface area contributed by atoms with Gasteiger partial charge in [0.1, 0.15) is 5.69 Å². The monoisotopic (exact) mass is 221 g/mol. The molecular formula is C10H11N3O3. The topological polar surface area (TPSA) is 99.2 Å². The van der Waals surface area contributed by atoms with E-state index >= 15 is 0 Å². The molecule has 16 heavy (non-hydrogen) atoms. The molecule has 0 bridgehead atoms. The van der Waals surface area contributed by atoms with Gasteiger partial charge in [0.15, 0.2) is 0 Å². The van der Waals surface area contributed by atoms with Gasteiger partial charge in [-0.2, -0.15) is 5.26 Å². The van der Waals surface area contributed by atoms with Gasteiger partial charge in [0.25, 0.3) is 5.69 Å². The van der Waals surface area contributed by atoms with Crippen LogP contribution in [0.4, 0.5) is 11.4 Å². The molecule has 0 unspecified atom stereocenters. The lowest BCUT2D eigenvalue weighted by Gasteiger charge is -2.06. The lowest BCUT2D eigenvalue weighted by molar-refractivity contribution is -0.384. The average molecular weight is 221 g/mol. The predicted octanol–water partition coefficient (Wildman–Crippen LogP) is 1.26. The number of nitrogens with one attached hydrogen (secondary N) is 1. The number of hydrogen-bond donors (Lipinski definition) is 2. The highest BCUT2D eigenvalue weighted by Gasteiger charge is 2.13. The first-order valence-electron chi connectivity index (χ1n) is 4.72. The third-order valence-corrected chi connectivity index (χ3v) is 1.97. The van der Waals surface area contributed by atoms with Gasteiger partial charge in [0.2, 0.25) is 0 Å². The van der Waals surface area contributed by atoms with E-state index in [9.17, 15) is 10.1 Å². The summed E-state index contributed by atoms with van der Waals surface area (Å²) in [6, 6.07) is 6.03. The van der Waals surface area contributed by atoms with Crippen molar-refractivity contribution in [2.75, 3.05) is 18.5 Å². The van der Waals surface area contributed by atoms with Gasteiger partial charge in [-0.05, 0) is 18.6 Å². The van der Waals surface area contributed by atoms with Crippen molar-refractivity contribution in [3.63, 3.8) is 0 Å². The molecule has 0 radical (unpaired) electrons. The van der Waals surface area contributed by atoms with E-state index in [1.807, 2.05) is 6.07 Å². The van der Waals surface area contributed by atoms with Crippen LogP contribution in [0.25, 0.3) is 0 Å². The first kappa shape index (κ1) is 11.9. The maximum Gasteiger partial charge on any atom is 0.292 e. The molecule has 84 valence electrons. The van der Waals surface area contributed by atoms with Gasteiger partial charge in [-0.15, -0.1) is 0 Å². The van der Waals surface area contributed by atoms with Crippen LogP contribution in [0.1, 0.15) is 12.0 Å². The van der Waals surface area contributed by atoms with Crippen molar-refractivity contribution in [1.82, 2.24) is 0 Å². The molecular weight excluding hydrogens is 210 g/mol. The number of benzene rings is 1. The summed E-state index contributed by atoms with van der Waals surface area (Å²) >= 11 is 0. The summed E-state index contributed by atoms with van der Waals surface area (Å²) in [6.07, 6.45) is 0.494. The molecule has 0 amide bonds. The zero-order valence-electron chi connectivity index (χ0n) is 8.51. The van der Waals surface area contributed by atoms with Crippen molar-refractivity contribution in [3.8, 4) is 6.07 Å². The summed E-state index contributed by atoms with van der Waals surface area (Å²) in [4.78, 5) is 10.2. The molecule has 1 aromatic carbocycles. The summed E-state index contributed by atoms with van der Waals surface area (Å²) in [5.41, 5.74) is 0.589. The fraction of sp³-hybridized carbons (Fsp3) is 0.300. The Morgan fingerprint density at radius 2 is 2.31 bits per heavy atom. The predicted molar refractivity (Wildman–Crippen MR) is 58.0 cm³/mol. The van der Waals surface area contributed by atoms with Crippen molar-refractivity contribution >= 4 is 11.4 Å². The zero-order valence-corrected chi connectivity index (χ0v) is 8.51. The molecule has 0 aliphatic heterocycles. The summed E-state index contributed by atoms with van der Waals surface area (Å²) in [7, 11) is 0. The molecule has 0 aliphatic rings. The number of aliphatic hydroxyl groups excluding tert-OH is 1. The number of nitrogens with zero attached hydrogens (tertiary/aromatic N) is 2. The van der Waals surface area contributed by atoms with E-state index in [1.54, 1.807) is 0 Å². The molecule has 1 aromatic rings. The fourth-order valence-corrected chi connectivity index (χ4v) is 1.21. The standard InChI is InChI=1S/C10H11N3O3/c11-7-8-2-3-10(13(15)16)9(6-8)12-4-1-5-14/h2-3,6,12,14H,1,4-5H2. The highest BCUT2D eigenvalue weighted by Crippen LogP contribution is 2.24. The second kappa shape index (κ2) is 5.68. The average Bonchev–Trinajstić information content (AvgIpc) is 2.29. The van der Waals surface area contributed by atoms with Crippen LogP contribution in [0.5, 0.6) is 0 Å².